The smallest absolute Gasteiger partial charge is 0.392 e. The first-order valence-electron chi connectivity index (χ1n) is 12.4. The van der Waals surface area contributed by atoms with Crippen molar-refractivity contribution < 1.29 is 75.8 Å². The van der Waals surface area contributed by atoms with Gasteiger partial charge in [0.1, 0.15) is 30.1 Å². The van der Waals surface area contributed by atoms with Crippen molar-refractivity contribution in [3.05, 3.63) is 24.0 Å². The van der Waals surface area contributed by atoms with Crippen molar-refractivity contribution >= 4 is 38.2 Å². The van der Waals surface area contributed by atoms with E-state index in [9.17, 15) is 61.8 Å². The predicted molar refractivity (Wildman–Crippen MR) is 136 cm³/mol. The molecule has 0 aromatic carbocycles. The zero-order valence-electron chi connectivity index (χ0n) is 21.8. The van der Waals surface area contributed by atoms with E-state index >= 15 is 0 Å². The first kappa shape index (κ1) is 32.1. The van der Waals surface area contributed by atoms with Crippen LogP contribution in [0.5, 0.6) is 0 Å². The Morgan fingerprint density at radius 1 is 1.05 bits per heavy atom. The first-order chi connectivity index (χ1) is 20.0. The van der Waals surface area contributed by atoms with Gasteiger partial charge in [-0.05, 0) is 17.1 Å². The molecule has 2 saturated heterocycles. The molecule has 0 spiro atoms. The molecule has 1 aromatic rings. The van der Waals surface area contributed by atoms with Gasteiger partial charge in [0.05, 0.1) is 44.9 Å². The Morgan fingerprint density at radius 2 is 1.70 bits per heavy atom. The number of aliphatic hydroxyl groups excluding tert-OH is 6. The Labute approximate surface area is 242 Å². The van der Waals surface area contributed by atoms with Crippen LogP contribution in [0.2, 0.25) is 0 Å². The van der Waals surface area contributed by atoms with E-state index < -0.39 is 97.4 Å². The second kappa shape index (κ2) is 10.6. The molecule has 23 heteroatoms. The third-order valence-corrected chi connectivity index (χ3v) is 9.78. The number of aliphatic imine (C=N–C) groups is 2. The standard InChI is InChI=1S/C20H28N6O15S2/c27-8-18(15(31)13(29)6-40-18)22-10-2-1-3-24-12(10)5-25(33)11-4-21-20(23-17(11)24,42(34,35)36)26(43(37,38)39)19(9-28)16(32)14(30)7-41-19/h1-4,11,13-16,22,27-33H,5-9H2,(H-,34,35,36,37,38,39)/p+1/t11?,13-,14-,15-,16-,18-,19-,20?/m0/s1. The summed E-state index contributed by atoms with van der Waals surface area (Å²) >= 11 is 0. The van der Waals surface area contributed by atoms with E-state index in [2.05, 4.69) is 15.3 Å². The maximum absolute atomic E-state index is 13.0. The molecule has 0 aliphatic carbocycles. The lowest BCUT2D eigenvalue weighted by atomic mass is 10.0. The minimum atomic E-state index is -5.97. The fourth-order valence-electron chi connectivity index (χ4n) is 5.41. The van der Waals surface area contributed by atoms with Crippen LogP contribution in [0.15, 0.2) is 28.3 Å². The van der Waals surface area contributed by atoms with E-state index in [1.165, 1.54) is 18.3 Å². The van der Waals surface area contributed by atoms with Gasteiger partial charge in [0, 0.05) is 6.21 Å². The molecule has 0 saturated carbocycles. The van der Waals surface area contributed by atoms with Crippen molar-refractivity contribution in [2.75, 3.05) is 31.7 Å². The predicted octanol–water partition coefficient (Wildman–Crippen LogP) is -6.22. The maximum atomic E-state index is 13.0. The second-order valence-corrected chi connectivity index (χ2v) is 12.9. The molecule has 1 aromatic heterocycles. The molecule has 2 unspecified atom stereocenters. The molecular formula is C20H29N6O15S2+. The zero-order valence-corrected chi connectivity index (χ0v) is 23.4. The summed E-state index contributed by atoms with van der Waals surface area (Å²) in [6, 6.07) is 1.30. The second-order valence-electron chi connectivity index (χ2n) is 10.1. The summed E-state index contributed by atoms with van der Waals surface area (Å²) in [6.45, 7) is -4.01. The highest BCUT2D eigenvalue weighted by atomic mass is 32.2. The van der Waals surface area contributed by atoms with Crippen LogP contribution in [0.25, 0.3) is 0 Å². The molecule has 2 fully saturated rings. The quantitative estimate of drug-likeness (QED) is 0.0918. The van der Waals surface area contributed by atoms with E-state index in [-0.39, 0.29) is 24.5 Å². The monoisotopic (exact) mass is 657 g/mol. The van der Waals surface area contributed by atoms with Crippen LogP contribution in [0.1, 0.15) is 5.69 Å². The van der Waals surface area contributed by atoms with E-state index in [0.29, 0.717) is 11.3 Å². The Kier molecular flexibility index (Phi) is 7.94. The van der Waals surface area contributed by atoms with Gasteiger partial charge in [0.15, 0.2) is 17.5 Å². The summed E-state index contributed by atoms with van der Waals surface area (Å²) in [5.74, 6) is -0.555. The van der Waals surface area contributed by atoms with Gasteiger partial charge in [0.2, 0.25) is 0 Å². The number of pyridine rings is 1. The molecule has 21 nitrogen and oxygen atoms in total. The van der Waals surface area contributed by atoms with Crippen molar-refractivity contribution in [1.29, 1.82) is 0 Å². The number of rotatable bonds is 8. The first-order valence-corrected chi connectivity index (χ1v) is 15.2. The van der Waals surface area contributed by atoms with Crippen LogP contribution in [-0.2, 0) is 36.4 Å². The van der Waals surface area contributed by atoms with Crippen LogP contribution in [0, 0.1) is 0 Å². The maximum Gasteiger partial charge on any atom is 0.443 e. The SMILES string of the molecule is O=S(=O)(O)N(C1(S(=O)(=O)O)N=CC2C(=N1)[n+]1cccc(N[C@@]3(CO)OC[C@H](O)[C@@H]3O)c1CN2O)[C@@]1(CO)OC[C@H](O)[C@@H]1O. The minimum Gasteiger partial charge on any atom is -0.392 e. The van der Waals surface area contributed by atoms with Gasteiger partial charge in [-0.1, -0.05) is 4.31 Å². The largest absolute Gasteiger partial charge is 0.443 e. The Morgan fingerprint density at radius 3 is 2.21 bits per heavy atom. The highest BCUT2D eigenvalue weighted by molar-refractivity contribution is 7.89. The molecular weight excluding hydrogens is 628 g/mol. The van der Waals surface area contributed by atoms with Crippen LogP contribution < -0.4 is 9.88 Å². The normalized spacial score (nSPS) is 38.2. The fourth-order valence-corrected chi connectivity index (χ4v) is 7.74. The number of aromatic nitrogens is 1. The Hall–Kier alpha value is -2.33. The molecule has 0 radical (unpaired) electrons. The van der Waals surface area contributed by atoms with Gasteiger partial charge in [-0.25, -0.2) is 4.99 Å². The average molecular weight is 658 g/mol. The number of hydroxylamine groups is 2. The van der Waals surface area contributed by atoms with Crippen molar-refractivity contribution in [2.24, 2.45) is 9.98 Å². The van der Waals surface area contributed by atoms with Gasteiger partial charge in [-0.15, -0.1) is 0 Å². The van der Waals surface area contributed by atoms with Gasteiger partial charge in [0.25, 0.3) is 0 Å². The van der Waals surface area contributed by atoms with Gasteiger partial charge >= 0.3 is 31.4 Å². The molecule has 8 atom stereocenters. The van der Waals surface area contributed by atoms with E-state index in [1.54, 1.807) is 0 Å². The van der Waals surface area contributed by atoms with E-state index in [1.807, 2.05) is 0 Å². The lowest BCUT2D eigenvalue weighted by Crippen LogP contribution is -2.73. The summed E-state index contributed by atoms with van der Waals surface area (Å²) in [5.41, 5.74) is -5.02. The molecule has 5 heterocycles. The fraction of sp³-hybridized carbons (Fsp3) is 0.650. The van der Waals surface area contributed by atoms with Crippen LogP contribution in [0.3, 0.4) is 0 Å². The molecule has 240 valence electrons. The number of nitrogens with one attached hydrogen (secondary N) is 1. The number of fused-ring (bicyclic) bond motifs is 3. The number of nitrogens with zero attached hydrogens (tertiary/aromatic N) is 5. The summed E-state index contributed by atoms with van der Waals surface area (Å²) in [7, 11) is -11.9. The Balaban J connectivity index is 1.72. The van der Waals surface area contributed by atoms with Gasteiger partial charge in [-0.2, -0.15) is 26.5 Å². The summed E-state index contributed by atoms with van der Waals surface area (Å²) in [5, 5.41) is 71.4. The third kappa shape index (κ3) is 4.77. The number of aliphatic hydroxyl groups is 6. The zero-order chi connectivity index (χ0) is 31.8. The molecule has 10 N–H and O–H groups in total. The summed E-state index contributed by atoms with van der Waals surface area (Å²) in [4.78, 5) is 7.41. The molecule has 43 heavy (non-hydrogen) atoms. The van der Waals surface area contributed by atoms with Gasteiger partial charge in [-0.3, -0.25) is 9.11 Å². The van der Waals surface area contributed by atoms with E-state index in [0.717, 1.165) is 4.57 Å². The number of anilines is 1. The number of ether oxygens (including phenoxy) is 2. The lowest BCUT2D eigenvalue weighted by molar-refractivity contribution is -0.579. The minimum absolute atomic E-state index is 0.0207. The number of hydrogen-bond donors (Lipinski definition) is 10. The van der Waals surface area contributed by atoms with Crippen LogP contribution in [-0.4, -0.2) is 157 Å². The van der Waals surface area contributed by atoms with Crippen molar-refractivity contribution in [1.82, 2.24) is 9.37 Å². The summed E-state index contributed by atoms with van der Waals surface area (Å²) < 4.78 is 83.0. The highest BCUT2D eigenvalue weighted by Crippen LogP contribution is 2.42. The van der Waals surface area contributed by atoms with Crippen LogP contribution >= 0.6 is 0 Å². The average Bonchev–Trinajstić information content (AvgIpc) is 3.38. The Bertz CT molecular complexity index is 1560. The lowest BCUT2D eigenvalue weighted by Gasteiger charge is -2.42. The topological polar surface area (TPSA) is 316 Å². The molecule has 4 aliphatic rings. The number of hydrogen-bond acceptors (Lipinski definition) is 17. The highest BCUT2D eigenvalue weighted by Gasteiger charge is 2.73. The van der Waals surface area contributed by atoms with Gasteiger partial charge < -0.3 is 50.6 Å². The molecule has 0 amide bonds. The molecule has 5 rings (SSSR count). The third-order valence-electron chi connectivity index (χ3n) is 7.57. The van der Waals surface area contributed by atoms with E-state index in [4.69, 9.17) is 9.47 Å². The van der Waals surface area contributed by atoms with Crippen molar-refractivity contribution in [3.63, 3.8) is 0 Å². The molecule has 0 bridgehead atoms. The van der Waals surface area contributed by atoms with Crippen molar-refractivity contribution in [3.8, 4) is 0 Å². The molecule has 4 aliphatic heterocycles. The van der Waals surface area contributed by atoms with Crippen LogP contribution in [0.4, 0.5) is 5.69 Å². The summed E-state index contributed by atoms with van der Waals surface area (Å²) in [6.07, 6.45) is -5.38. The van der Waals surface area contributed by atoms with Crippen molar-refractivity contribution in [2.45, 2.75) is 53.6 Å².